The number of aromatic nitrogens is 3. The van der Waals surface area contributed by atoms with Crippen molar-refractivity contribution in [2.45, 2.75) is 6.04 Å². The fourth-order valence-electron chi connectivity index (χ4n) is 2.39. The average molecular weight is 369 g/mol. The zero-order valence-electron chi connectivity index (χ0n) is 13.9. The number of H-pyrrole nitrogens is 2. The van der Waals surface area contributed by atoms with Crippen LogP contribution in [0, 0.1) is 0 Å². The normalized spacial score (nSPS) is 11.7. The third kappa shape index (κ3) is 4.07. The number of amides is 2. The van der Waals surface area contributed by atoms with Crippen molar-refractivity contribution >= 4 is 28.4 Å². The van der Waals surface area contributed by atoms with Gasteiger partial charge in [0.2, 0.25) is 5.91 Å². The van der Waals surface area contributed by atoms with E-state index in [-0.39, 0.29) is 0 Å². The van der Waals surface area contributed by atoms with E-state index in [0.717, 1.165) is 17.1 Å². The van der Waals surface area contributed by atoms with Crippen LogP contribution >= 0.6 is 0 Å². The average Bonchev–Trinajstić information content (AvgIpc) is 2.65. The van der Waals surface area contributed by atoms with E-state index in [0.29, 0.717) is 5.69 Å². The van der Waals surface area contributed by atoms with Crippen LogP contribution in [0.4, 0.5) is 5.69 Å². The summed E-state index contributed by atoms with van der Waals surface area (Å²) in [6, 6.07) is 7.34. The van der Waals surface area contributed by atoms with Crippen molar-refractivity contribution in [3.63, 3.8) is 0 Å². The molecule has 0 fully saturated rings. The van der Waals surface area contributed by atoms with E-state index >= 15 is 0 Å². The van der Waals surface area contributed by atoms with E-state index in [1.807, 2.05) is 11.1 Å². The van der Waals surface area contributed by atoms with Gasteiger partial charge in [0.1, 0.15) is 11.6 Å². The molecule has 2 amide bonds. The first-order valence-electron chi connectivity index (χ1n) is 7.87. The molecular weight excluding hydrogens is 354 g/mol. The van der Waals surface area contributed by atoms with Crippen LogP contribution in [0.25, 0.3) is 10.9 Å². The molecule has 0 aliphatic rings. The summed E-state index contributed by atoms with van der Waals surface area (Å²) in [7, 11) is 0. The molecule has 0 saturated carbocycles. The van der Waals surface area contributed by atoms with Crippen LogP contribution in [0.2, 0.25) is 0 Å². The standard InChI is InChI=1S/C17H15N5O5/c23-8-13(21-14(24)11-7-19-17(27)22-15(11)25)16(26)20-10-3-4-12-9(6-10)2-1-5-18-12/h1-7,13,23H,8H2,(H,20,26)(H,21,24)(H2,19,22,25,27)/t13-/m0/s1. The highest BCUT2D eigenvalue weighted by Gasteiger charge is 2.22. The largest absolute Gasteiger partial charge is 0.394 e. The van der Waals surface area contributed by atoms with Gasteiger partial charge in [0.15, 0.2) is 0 Å². The van der Waals surface area contributed by atoms with Crippen molar-refractivity contribution < 1.29 is 14.7 Å². The lowest BCUT2D eigenvalue weighted by molar-refractivity contribution is -0.118. The summed E-state index contributed by atoms with van der Waals surface area (Å²) in [6.07, 6.45) is 2.58. The van der Waals surface area contributed by atoms with Gasteiger partial charge in [0.25, 0.3) is 11.5 Å². The molecule has 0 aliphatic heterocycles. The predicted molar refractivity (Wildman–Crippen MR) is 96.4 cm³/mol. The van der Waals surface area contributed by atoms with Crippen molar-refractivity contribution in [3.05, 3.63) is 69.1 Å². The topological polar surface area (TPSA) is 157 Å². The molecule has 3 aromatic rings. The summed E-state index contributed by atoms with van der Waals surface area (Å²) >= 11 is 0. The molecule has 0 saturated heterocycles. The molecule has 27 heavy (non-hydrogen) atoms. The van der Waals surface area contributed by atoms with Crippen LogP contribution in [0.3, 0.4) is 0 Å². The Morgan fingerprint density at radius 3 is 2.78 bits per heavy atom. The van der Waals surface area contributed by atoms with Crippen molar-refractivity contribution in [2.24, 2.45) is 0 Å². The number of pyridine rings is 1. The highest BCUT2D eigenvalue weighted by molar-refractivity contribution is 6.01. The van der Waals surface area contributed by atoms with Gasteiger partial charge in [-0.05, 0) is 24.3 Å². The van der Waals surface area contributed by atoms with Gasteiger partial charge in [-0.2, -0.15) is 0 Å². The Kier molecular flexibility index (Phi) is 5.08. The number of hydrogen-bond acceptors (Lipinski definition) is 6. The van der Waals surface area contributed by atoms with E-state index < -0.39 is 41.3 Å². The first-order valence-corrected chi connectivity index (χ1v) is 7.87. The van der Waals surface area contributed by atoms with E-state index in [9.17, 15) is 24.3 Å². The molecule has 1 aromatic carbocycles. The number of carbonyl (C=O) groups excluding carboxylic acids is 2. The molecule has 1 atom stereocenters. The van der Waals surface area contributed by atoms with E-state index in [1.165, 1.54) is 0 Å². The number of aliphatic hydroxyl groups excluding tert-OH is 1. The highest BCUT2D eigenvalue weighted by atomic mass is 16.3. The zero-order chi connectivity index (χ0) is 19.4. The van der Waals surface area contributed by atoms with Gasteiger partial charge in [-0.25, -0.2) is 4.79 Å². The summed E-state index contributed by atoms with van der Waals surface area (Å²) in [5.41, 5.74) is -0.860. The molecule has 0 bridgehead atoms. The van der Waals surface area contributed by atoms with E-state index in [2.05, 4.69) is 20.6 Å². The molecule has 5 N–H and O–H groups in total. The van der Waals surface area contributed by atoms with Gasteiger partial charge in [-0.1, -0.05) is 6.07 Å². The third-order valence-electron chi connectivity index (χ3n) is 3.74. The number of nitrogens with one attached hydrogen (secondary N) is 4. The Morgan fingerprint density at radius 2 is 2.04 bits per heavy atom. The van der Waals surface area contributed by atoms with Gasteiger partial charge >= 0.3 is 5.69 Å². The molecule has 0 spiro atoms. The minimum Gasteiger partial charge on any atom is -0.394 e. The van der Waals surface area contributed by atoms with Crippen LogP contribution in [0.15, 0.2) is 52.3 Å². The van der Waals surface area contributed by atoms with Gasteiger partial charge in [0.05, 0.1) is 12.1 Å². The van der Waals surface area contributed by atoms with Crippen LogP contribution in [0.1, 0.15) is 10.4 Å². The molecule has 10 nitrogen and oxygen atoms in total. The molecule has 3 rings (SSSR count). The lowest BCUT2D eigenvalue weighted by Gasteiger charge is -2.16. The van der Waals surface area contributed by atoms with Crippen molar-refractivity contribution in [1.82, 2.24) is 20.3 Å². The Labute approximate surface area is 151 Å². The smallest absolute Gasteiger partial charge is 0.325 e. The van der Waals surface area contributed by atoms with Gasteiger partial charge in [-0.3, -0.25) is 24.4 Å². The molecule has 10 heteroatoms. The van der Waals surface area contributed by atoms with Crippen molar-refractivity contribution in [1.29, 1.82) is 0 Å². The van der Waals surface area contributed by atoms with Crippen LogP contribution in [-0.4, -0.2) is 44.5 Å². The first kappa shape index (κ1) is 18.0. The number of fused-ring (bicyclic) bond motifs is 1. The summed E-state index contributed by atoms with van der Waals surface area (Å²) in [5.74, 6) is -1.58. The fourth-order valence-corrected chi connectivity index (χ4v) is 2.39. The second-order valence-corrected chi connectivity index (χ2v) is 5.59. The van der Waals surface area contributed by atoms with Gasteiger partial charge < -0.3 is 20.7 Å². The predicted octanol–water partition coefficient (Wildman–Crippen LogP) is -0.659. The summed E-state index contributed by atoms with van der Waals surface area (Å²) < 4.78 is 0. The van der Waals surface area contributed by atoms with Crippen molar-refractivity contribution in [2.75, 3.05) is 11.9 Å². The maximum atomic E-state index is 12.3. The van der Waals surface area contributed by atoms with Crippen LogP contribution < -0.4 is 21.9 Å². The third-order valence-corrected chi connectivity index (χ3v) is 3.74. The number of anilines is 1. The van der Waals surface area contributed by atoms with Crippen LogP contribution in [-0.2, 0) is 4.79 Å². The first-order chi connectivity index (χ1) is 13.0. The Balaban J connectivity index is 1.74. The van der Waals surface area contributed by atoms with Gasteiger partial charge in [-0.15, -0.1) is 0 Å². The fraction of sp³-hybridized carbons (Fsp3) is 0.118. The molecule has 0 unspecified atom stereocenters. The molecule has 2 heterocycles. The molecule has 0 aliphatic carbocycles. The summed E-state index contributed by atoms with van der Waals surface area (Å²) in [5, 5.41) is 15.1. The number of benzene rings is 1. The van der Waals surface area contributed by atoms with E-state index in [1.54, 1.807) is 30.5 Å². The minimum absolute atomic E-state index is 0.391. The second kappa shape index (κ2) is 7.62. The maximum Gasteiger partial charge on any atom is 0.325 e. The Morgan fingerprint density at radius 1 is 1.22 bits per heavy atom. The van der Waals surface area contributed by atoms with Gasteiger partial charge in [0, 0.05) is 23.5 Å². The Hall–Kier alpha value is -3.79. The number of rotatable bonds is 5. The lowest BCUT2D eigenvalue weighted by Crippen LogP contribution is -2.47. The molecule has 138 valence electrons. The quantitative estimate of drug-likeness (QED) is 0.402. The number of aliphatic hydroxyl groups is 1. The number of nitrogens with zero attached hydrogens (tertiary/aromatic N) is 1. The Bertz CT molecular complexity index is 1120. The molecular formula is C17H15N5O5. The minimum atomic E-state index is -1.30. The SMILES string of the molecule is O=C(N[C@@H](CO)C(=O)Nc1ccc2ncccc2c1)c1c[nH]c(=O)[nH]c1=O. The molecule has 0 radical (unpaired) electrons. The van der Waals surface area contributed by atoms with Crippen LogP contribution in [0.5, 0.6) is 0 Å². The monoisotopic (exact) mass is 369 g/mol. The lowest BCUT2D eigenvalue weighted by atomic mass is 10.2. The van der Waals surface area contributed by atoms with Crippen molar-refractivity contribution in [3.8, 4) is 0 Å². The number of aromatic amines is 2. The molecule has 2 aromatic heterocycles. The highest BCUT2D eigenvalue weighted by Crippen LogP contribution is 2.17. The zero-order valence-corrected chi connectivity index (χ0v) is 13.9. The second-order valence-electron chi connectivity index (χ2n) is 5.59. The maximum absolute atomic E-state index is 12.3. The number of carbonyl (C=O) groups is 2. The summed E-state index contributed by atoms with van der Waals surface area (Å²) in [6.45, 7) is -0.687. The summed E-state index contributed by atoms with van der Waals surface area (Å²) in [4.78, 5) is 55.3. The number of hydrogen-bond donors (Lipinski definition) is 5. The van der Waals surface area contributed by atoms with E-state index in [4.69, 9.17) is 0 Å².